The highest BCUT2D eigenvalue weighted by molar-refractivity contribution is 6.30. The molecule has 0 unspecified atom stereocenters. The van der Waals surface area contributed by atoms with E-state index in [0.717, 1.165) is 44.3 Å². The Kier molecular flexibility index (Phi) is 5.20. The molecule has 0 amide bonds. The van der Waals surface area contributed by atoms with Gasteiger partial charge in [0, 0.05) is 18.6 Å². The van der Waals surface area contributed by atoms with Gasteiger partial charge >= 0.3 is 0 Å². The van der Waals surface area contributed by atoms with Crippen molar-refractivity contribution in [3.05, 3.63) is 34.6 Å². The van der Waals surface area contributed by atoms with E-state index < -0.39 is 0 Å². The summed E-state index contributed by atoms with van der Waals surface area (Å²) in [6.45, 7) is 3.91. The molecule has 0 atom stereocenters. The molecule has 0 bridgehead atoms. The van der Waals surface area contributed by atoms with Gasteiger partial charge in [-0.3, -0.25) is 4.90 Å². The third-order valence-corrected chi connectivity index (χ3v) is 4.34. The third kappa shape index (κ3) is 3.91. The van der Waals surface area contributed by atoms with Crippen LogP contribution in [0.5, 0.6) is 0 Å². The van der Waals surface area contributed by atoms with Gasteiger partial charge in [0.25, 0.3) is 0 Å². The molecule has 2 N–H and O–H groups in total. The highest BCUT2D eigenvalue weighted by atomic mass is 35.5. The van der Waals surface area contributed by atoms with Gasteiger partial charge in [0.05, 0.1) is 5.02 Å². The van der Waals surface area contributed by atoms with E-state index in [1.807, 2.05) is 6.07 Å². The predicted molar refractivity (Wildman–Crippen MR) is 77.7 cm³/mol. The molecule has 0 spiro atoms. The van der Waals surface area contributed by atoms with Crippen LogP contribution in [0.3, 0.4) is 0 Å². The molecule has 1 aromatic carbocycles. The Bertz CT molecular complexity index is 417. The van der Waals surface area contributed by atoms with Gasteiger partial charge in [-0.15, -0.1) is 0 Å². The minimum absolute atomic E-state index is 0.190. The van der Waals surface area contributed by atoms with Gasteiger partial charge in [0.1, 0.15) is 5.82 Å². The lowest BCUT2D eigenvalue weighted by atomic mass is 9.90. The zero-order valence-electron chi connectivity index (χ0n) is 11.4. The average molecular weight is 285 g/mol. The molecule has 0 saturated heterocycles. The molecular formula is C15H22ClFN2. The van der Waals surface area contributed by atoms with Gasteiger partial charge in [-0.25, -0.2) is 4.39 Å². The maximum absolute atomic E-state index is 13.5. The van der Waals surface area contributed by atoms with Crippen LogP contribution in [0.15, 0.2) is 18.2 Å². The number of benzene rings is 1. The molecule has 106 valence electrons. The summed E-state index contributed by atoms with van der Waals surface area (Å²) in [4.78, 5) is 2.41. The van der Waals surface area contributed by atoms with Gasteiger partial charge in [-0.2, -0.15) is 0 Å². The zero-order valence-corrected chi connectivity index (χ0v) is 12.2. The first-order valence-corrected chi connectivity index (χ1v) is 7.41. The van der Waals surface area contributed by atoms with E-state index >= 15 is 0 Å². The average Bonchev–Trinajstić information content (AvgIpc) is 2.41. The van der Waals surface area contributed by atoms with Gasteiger partial charge in [-0.05, 0) is 49.9 Å². The molecule has 2 nitrogen and oxygen atoms in total. The van der Waals surface area contributed by atoms with Crippen molar-refractivity contribution in [2.24, 2.45) is 5.73 Å². The Morgan fingerprint density at radius 1 is 1.32 bits per heavy atom. The van der Waals surface area contributed by atoms with E-state index in [0.29, 0.717) is 12.1 Å². The van der Waals surface area contributed by atoms with Crippen molar-refractivity contribution >= 4 is 11.6 Å². The number of rotatable bonds is 4. The summed E-state index contributed by atoms with van der Waals surface area (Å²) in [5.74, 6) is -0.333. The summed E-state index contributed by atoms with van der Waals surface area (Å²) in [6, 6.07) is 6.02. The summed E-state index contributed by atoms with van der Waals surface area (Å²) in [7, 11) is 0. The quantitative estimate of drug-likeness (QED) is 0.916. The molecule has 0 aliphatic heterocycles. The van der Waals surface area contributed by atoms with Crippen LogP contribution in [0.1, 0.15) is 38.2 Å². The van der Waals surface area contributed by atoms with Gasteiger partial charge in [0.2, 0.25) is 0 Å². The topological polar surface area (TPSA) is 29.3 Å². The van der Waals surface area contributed by atoms with Crippen LogP contribution in [0, 0.1) is 5.82 Å². The standard InChI is InChI=1S/C15H22ClFN2/c1-2-19(13-6-4-12(18)5-7-13)10-11-3-8-14(16)15(17)9-11/h3,8-9,12-13H,2,4-7,10,18H2,1H3. The van der Waals surface area contributed by atoms with Crippen molar-refractivity contribution in [3.8, 4) is 0 Å². The molecule has 0 heterocycles. The highest BCUT2D eigenvalue weighted by Crippen LogP contribution is 2.24. The molecule has 2 rings (SSSR count). The molecule has 1 aliphatic carbocycles. The maximum atomic E-state index is 13.5. The lowest BCUT2D eigenvalue weighted by Gasteiger charge is -2.35. The Balaban J connectivity index is 2.00. The van der Waals surface area contributed by atoms with Crippen molar-refractivity contribution in [2.75, 3.05) is 6.54 Å². The largest absolute Gasteiger partial charge is 0.328 e. The lowest BCUT2D eigenvalue weighted by molar-refractivity contribution is 0.149. The second-order valence-corrected chi connectivity index (χ2v) is 5.79. The summed E-state index contributed by atoms with van der Waals surface area (Å²) >= 11 is 5.71. The molecule has 1 aliphatic rings. The van der Waals surface area contributed by atoms with Gasteiger partial charge < -0.3 is 5.73 Å². The fourth-order valence-corrected chi connectivity index (χ4v) is 2.96. The molecular weight excluding hydrogens is 263 g/mol. The Labute approximate surface area is 119 Å². The normalized spacial score (nSPS) is 23.8. The second-order valence-electron chi connectivity index (χ2n) is 5.38. The van der Waals surface area contributed by atoms with Crippen molar-refractivity contribution in [1.82, 2.24) is 4.90 Å². The summed E-state index contributed by atoms with van der Waals surface area (Å²) in [6.07, 6.45) is 4.47. The SMILES string of the molecule is CCN(Cc1ccc(Cl)c(F)c1)C1CCC(N)CC1. The molecule has 1 fully saturated rings. The minimum Gasteiger partial charge on any atom is -0.328 e. The van der Waals surface area contributed by atoms with Crippen LogP contribution in [0.2, 0.25) is 5.02 Å². The predicted octanol–water partition coefficient (Wildman–Crippen LogP) is 3.57. The monoisotopic (exact) mass is 284 g/mol. The molecule has 0 aromatic heterocycles. The van der Waals surface area contributed by atoms with Crippen LogP contribution in [0.25, 0.3) is 0 Å². The number of nitrogens with two attached hydrogens (primary N) is 1. The number of halogens is 2. The van der Waals surface area contributed by atoms with Crippen LogP contribution in [-0.2, 0) is 6.54 Å². The molecule has 1 aromatic rings. The maximum Gasteiger partial charge on any atom is 0.142 e. The summed E-state index contributed by atoms with van der Waals surface area (Å²) < 4.78 is 13.5. The van der Waals surface area contributed by atoms with Crippen molar-refractivity contribution < 1.29 is 4.39 Å². The second kappa shape index (κ2) is 6.69. The molecule has 19 heavy (non-hydrogen) atoms. The van der Waals surface area contributed by atoms with Gasteiger partial charge in [0.15, 0.2) is 0 Å². The fraction of sp³-hybridized carbons (Fsp3) is 0.600. The zero-order chi connectivity index (χ0) is 13.8. The van der Waals surface area contributed by atoms with Crippen LogP contribution < -0.4 is 5.73 Å². The van der Waals surface area contributed by atoms with E-state index in [4.69, 9.17) is 17.3 Å². The van der Waals surface area contributed by atoms with Crippen molar-refractivity contribution in [2.45, 2.75) is 51.2 Å². The molecule has 0 radical (unpaired) electrons. The van der Waals surface area contributed by atoms with E-state index in [-0.39, 0.29) is 10.8 Å². The summed E-state index contributed by atoms with van der Waals surface area (Å²) in [5.41, 5.74) is 6.93. The highest BCUT2D eigenvalue weighted by Gasteiger charge is 2.23. The van der Waals surface area contributed by atoms with Crippen molar-refractivity contribution in [1.29, 1.82) is 0 Å². The van der Waals surface area contributed by atoms with E-state index in [9.17, 15) is 4.39 Å². The van der Waals surface area contributed by atoms with Crippen LogP contribution in [0.4, 0.5) is 4.39 Å². The van der Waals surface area contributed by atoms with Crippen LogP contribution in [-0.4, -0.2) is 23.5 Å². The first-order chi connectivity index (χ1) is 9.10. The Hall–Kier alpha value is -0.640. The Morgan fingerprint density at radius 2 is 2.00 bits per heavy atom. The fourth-order valence-electron chi connectivity index (χ4n) is 2.84. The van der Waals surface area contributed by atoms with Gasteiger partial charge in [-0.1, -0.05) is 24.6 Å². The minimum atomic E-state index is -0.333. The lowest BCUT2D eigenvalue weighted by Crippen LogP contribution is -2.40. The molecule has 4 heteroatoms. The summed E-state index contributed by atoms with van der Waals surface area (Å²) in [5, 5.41) is 0.190. The smallest absolute Gasteiger partial charge is 0.142 e. The first kappa shape index (κ1) is 14.8. The Morgan fingerprint density at radius 3 is 2.58 bits per heavy atom. The number of nitrogens with zero attached hydrogens (tertiary/aromatic N) is 1. The van der Waals surface area contributed by atoms with Crippen LogP contribution >= 0.6 is 11.6 Å². The molecule has 1 saturated carbocycles. The van der Waals surface area contributed by atoms with Crippen molar-refractivity contribution in [3.63, 3.8) is 0 Å². The third-order valence-electron chi connectivity index (χ3n) is 4.03. The van der Waals surface area contributed by atoms with E-state index in [1.165, 1.54) is 0 Å². The number of hydrogen-bond acceptors (Lipinski definition) is 2. The number of hydrogen-bond donors (Lipinski definition) is 1. The first-order valence-electron chi connectivity index (χ1n) is 7.03. The van der Waals surface area contributed by atoms with E-state index in [1.54, 1.807) is 12.1 Å². The van der Waals surface area contributed by atoms with E-state index in [2.05, 4.69) is 11.8 Å².